The van der Waals surface area contributed by atoms with Crippen LogP contribution in [0.1, 0.15) is 29.7 Å². The van der Waals surface area contributed by atoms with Crippen molar-refractivity contribution in [3.05, 3.63) is 69.8 Å². The average Bonchev–Trinajstić information content (AvgIpc) is 2.74. The maximum absolute atomic E-state index is 10.0. The molecule has 140 valence electrons. The SMILES string of the molecule is COc1ccc(-c2c(C#N)c(Nc3ccc(Br)cc3)nc3c2CCCC3)cc1. The normalized spacial score (nSPS) is 12.8. The van der Waals surface area contributed by atoms with E-state index in [1.807, 2.05) is 48.5 Å². The van der Waals surface area contributed by atoms with Crippen LogP contribution in [-0.4, -0.2) is 12.1 Å². The van der Waals surface area contributed by atoms with E-state index in [2.05, 4.69) is 27.3 Å². The number of aryl methyl sites for hydroxylation is 1. The van der Waals surface area contributed by atoms with Crippen molar-refractivity contribution >= 4 is 27.4 Å². The fourth-order valence-corrected chi connectivity index (χ4v) is 3.95. The smallest absolute Gasteiger partial charge is 0.149 e. The number of rotatable bonds is 4. The molecule has 1 aromatic heterocycles. The highest BCUT2D eigenvalue weighted by Crippen LogP contribution is 2.38. The third kappa shape index (κ3) is 3.61. The summed E-state index contributed by atoms with van der Waals surface area (Å²) < 4.78 is 6.30. The Balaban J connectivity index is 1.87. The van der Waals surface area contributed by atoms with Gasteiger partial charge in [-0.3, -0.25) is 0 Å². The second-order valence-corrected chi connectivity index (χ2v) is 7.73. The van der Waals surface area contributed by atoms with Gasteiger partial charge in [0.2, 0.25) is 0 Å². The summed E-state index contributed by atoms with van der Waals surface area (Å²) in [6.07, 6.45) is 4.16. The lowest BCUT2D eigenvalue weighted by molar-refractivity contribution is 0.415. The number of methoxy groups -OCH3 is 1. The summed E-state index contributed by atoms with van der Waals surface area (Å²) in [4.78, 5) is 4.85. The van der Waals surface area contributed by atoms with Crippen LogP contribution in [0.15, 0.2) is 53.0 Å². The zero-order valence-corrected chi connectivity index (χ0v) is 17.2. The van der Waals surface area contributed by atoms with E-state index in [4.69, 9.17) is 9.72 Å². The Labute approximate surface area is 173 Å². The largest absolute Gasteiger partial charge is 0.497 e. The van der Waals surface area contributed by atoms with Gasteiger partial charge in [-0.05, 0) is 73.2 Å². The lowest BCUT2D eigenvalue weighted by Crippen LogP contribution is -2.12. The van der Waals surface area contributed by atoms with Gasteiger partial charge in [0.05, 0.1) is 7.11 Å². The number of hydrogen-bond donors (Lipinski definition) is 1. The van der Waals surface area contributed by atoms with Gasteiger partial charge >= 0.3 is 0 Å². The van der Waals surface area contributed by atoms with Crippen LogP contribution >= 0.6 is 15.9 Å². The van der Waals surface area contributed by atoms with E-state index in [1.165, 1.54) is 5.56 Å². The quantitative estimate of drug-likeness (QED) is 0.546. The van der Waals surface area contributed by atoms with E-state index in [0.29, 0.717) is 11.4 Å². The maximum atomic E-state index is 10.0. The summed E-state index contributed by atoms with van der Waals surface area (Å²) in [5.74, 6) is 1.43. The number of pyridine rings is 1. The molecule has 0 saturated carbocycles. The van der Waals surface area contributed by atoms with Gasteiger partial charge in [0.15, 0.2) is 0 Å². The van der Waals surface area contributed by atoms with Gasteiger partial charge in [0.25, 0.3) is 0 Å². The molecule has 1 aliphatic rings. The monoisotopic (exact) mass is 433 g/mol. The van der Waals surface area contributed by atoms with Gasteiger partial charge in [-0.2, -0.15) is 5.26 Å². The highest BCUT2D eigenvalue weighted by Gasteiger charge is 2.23. The van der Waals surface area contributed by atoms with Gasteiger partial charge < -0.3 is 10.1 Å². The van der Waals surface area contributed by atoms with E-state index in [1.54, 1.807) is 7.11 Å². The first-order valence-electron chi connectivity index (χ1n) is 9.32. The van der Waals surface area contributed by atoms with Gasteiger partial charge in [-0.25, -0.2) is 4.98 Å². The number of hydrogen-bond acceptors (Lipinski definition) is 4. The van der Waals surface area contributed by atoms with Gasteiger partial charge in [0.1, 0.15) is 23.2 Å². The molecule has 1 N–H and O–H groups in total. The van der Waals surface area contributed by atoms with Crippen LogP contribution in [0.3, 0.4) is 0 Å². The first-order chi connectivity index (χ1) is 13.7. The summed E-state index contributed by atoms with van der Waals surface area (Å²) in [5.41, 5.74) is 5.81. The van der Waals surface area contributed by atoms with Gasteiger partial charge in [-0.1, -0.05) is 28.1 Å². The molecule has 5 heteroatoms. The molecule has 0 saturated heterocycles. The van der Waals surface area contributed by atoms with Crippen LogP contribution in [0.5, 0.6) is 5.75 Å². The number of nitrogens with zero attached hydrogens (tertiary/aromatic N) is 2. The number of nitrogens with one attached hydrogen (secondary N) is 1. The fourth-order valence-electron chi connectivity index (χ4n) is 3.69. The van der Waals surface area contributed by atoms with Crippen LogP contribution < -0.4 is 10.1 Å². The lowest BCUT2D eigenvalue weighted by Gasteiger charge is -2.22. The molecule has 28 heavy (non-hydrogen) atoms. The van der Waals surface area contributed by atoms with Crippen molar-refractivity contribution in [3.8, 4) is 22.9 Å². The summed E-state index contributed by atoms with van der Waals surface area (Å²) >= 11 is 3.46. The van der Waals surface area contributed by atoms with Crippen molar-refractivity contribution in [2.75, 3.05) is 12.4 Å². The number of benzene rings is 2. The zero-order chi connectivity index (χ0) is 19.5. The Kier molecular flexibility index (Phi) is 5.31. The highest BCUT2D eigenvalue weighted by molar-refractivity contribution is 9.10. The highest BCUT2D eigenvalue weighted by atomic mass is 79.9. The molecule has 0 amide bonds. The number of ether oxygens (including phenoxy) is 1. The minimum absolute atomic E-state index is 0.591. The van der Waals surface area contributed by atoms with Crippen LogP contribution in [0, 0.1) is 11.3 Å². The van der Waals surface area contributed by atoms with Crippen molar-refractivity contribution in [2.24, 2.45) is 0 Å². The molecule has 0 radical (unpaired) electrons. The maximum Gasteiger partial charge on any atom is 0.149 e. The minimum Gasteiger partial charge on any atom is -0.497 e. The second kappa shape index (κ2) is 8.04. The Bertz CT molecular complexity index is 1040. The first kappa shape index (κ1) is 18.5. The van der Waals surface area contributed by atoms with E-state index in [9.17, 15) is 5.26 Å². The molecule has 0 aliphatic heterocycles. The minimum atomic E-state index is 0.591. The van der Waals surface area contributed by atoms with Crippen molar-refractivity contribution in [2.45, 2.75) is 25.7 Å². The molecule has 1 heterocycles. The van der Waals surface area contributed by atoms with Crippen molar-refractivity contribution in [1.29, 1.82) is 5.26 Å². The predicted molar refractivity (Wildman–Crippen MR) is 115 cm³/mol. The standard InChI is InChI=1S/C23H20BrN3O/c1-28-18-12-6-15(7-13-18)22-19-4-2-3-5-21(19)27-23(20(22)14-25)26-17-10-8-16(24)9-11-17/h6-13H,2-5H2,1H3,(H,26,27). The summed E-state index contributed by atoms with van der Waals surface area (Å²) in [7, 11) is 1.66. The summed E-state index contributed by atoms with van der Waals surface area (Å²) in [6, 6.07) is 18.2. The van der Waals surface area contributed by atoms with Gasteiger partial charge in [0, 0.05) is 21.4 Å². The molecule has 4 nitrogen and oxygen atoms in total. The van der Waals surface area contributed by atoms with Crippen molar-refractivity contribution in [1.82, 2.24) is 4.98 Å². The number of fused-ring (bicyclic) bond motifs is 1. The Morgan fingerprint density at radius 2 is 1.75 bits per heavy atom. The van der Waals surface area contributed by atoms with Crippen LogP contribution in [0.4, 0.5) is 11.5 Å². The molecule has 0 unspecified atom stereocenters. The average molecular weight is 434 g/mol. The number of aromatic nitrogens is 1. The lowest BCUT2D eigenvalue weighted by atomic mass is 9.86. The van der Waals surface area contributed by atoms with Gasteiger partial charge in [-0.15, -0.1) is 0 Å². The van der Waals surface area contributed by atoms with Crippen LogP contribution in [0.25, 0.3) is 11.1 Å². The van der Waals surface area contributed by atoms with Crippen molar-refractivity contribution in [3.63, 3.8) is 0 Å². The third-order valence-corrected chi connectivity index (χ3v) is 5.60. The van der Waals surface area contributed by atoms with E-state index < -0.39 is 0 Å². The van der Waals surface area contributed by atoms with Crippen LogP contribution in [0.2, 0.25) is 0 Å². The zero-order valence-electron chi connectivity index (χ0n) is 15.6. The second-order valence-electron chi connectivity index (χ2n) is 6.81. The van der Waals surface area contributed by atoms with Crippen molar-refractivity contribution < 1.29 is 4.74 Å². The predicted octanol–water partition coefficient (Wildman–Crippen LogP) is 6.01. The number of nitriles is 1. The molecule has 0 bridgehead atoms. The molecular formula is C23H20BrN3O. The topological polar surface area (TPSA) is 57.9 Å². The Morgan fingerprint density at radius 3 is 2.43 bits per heavy atom. The molecule has 4 rings (SSSR count). The molecule has 0 fully saturated rings. The number of anilines is 2. The Morgan fingerprint density at radius 1 is 1.04 bits per heavy atom. The fraction of sp³-hybridized carbons (Fsp3) is 0.217. The first-order valence-corrected chi connectivity index (χ1v) is 10.1. The molecule has 3 aromatic rings. The van der Waals surface area contributed by atoms with Crippen LogP contribution in [-0.2, 0) is 12.8 Å². The molecule has 2 aromatic carbocycles. The summed E-state index contributed by atoms with van der Waals surface area (Å²) in [6.45, 7) is 0. The molecule has 0 spiro atoms. The molecule has 1 aliphatic carbocycles. The third-order valence-electron chi connectivity index (χ3n) is 5.07. The van der Waals surface area contributed by atoms with E-state index in [-0.39, 0.29) is 0 Å². The number of halogens is 1. The molecular weight excluding hydrogens is 414 g/mol. The molecule has 0 atom stereocenters. The van der Waals surface area contributed by atoms with E-state index >= 15 is 0 Å². The Hall–Kier alpha value is -2.84. The summed E-state index contributed by atoms with van der Waals surface area (Å²) in [5, 5.41) is 13.4. The van der Waals surface area contributed by atoms with E-state index in [0.717, 1.165) is 58.4 Å².